The summed E-state index contributed by atoms with van der Waals surface area (Å²) in [6.45, 7) is 1.22. The van der Waals surface area contributed by atoms with Crippen molar-refractivity contribution in [2.75, 3.05) is 14.2 Å². The molecule has 2 aromatic carbocycles. The Kier molecular flexibility index (Phi) is 5.43. The number of alkyl halides is 3. The smallest absolute Gasteiger partial charge is 0.416 e. The van der Waals surface area contributed by atoms with Crippen molar-refractivity contribution >= 4 is 10.0 Å². The predicted molar refractivity (Wildman–Crippen MR) is 87.8 cm³/mol. The second-order valence-corrected chi connectivity index (χ2v) is 7.56. The molecule has 25 heavy (non-hydrogen) atoms. The lowest BCUT2D eigenvalue weighted by atomic mass is 10.1. The maximum atomic E-state index is 13.1. The van der Waals surface area contributed by atoms with E-state index in [9.17, 15) is 21.6 Å². The van der Waals surface area contributed by atoms with Crippen molar-refractivity contribution in [3.63, 3.8) is 0 Å². The van der Waals surface area contributed by atoms with Gasteiger partial charge in [0.2, 0.25) is 10.0 Å². The topological polar surface area (TPSA) is 46.6 Å². The van der Waals surface area contributed by atoms with Gasteiger partial charge in [0.1, 0.15) is 5.75 Å². The van der Waals surface area contributed by atoms with Gasteiger partial charge in [0.05, 0.1) is 17.6 Å². The van der Waals surface area contributed by atoms with Crippen LogP contribution in [-0.4, -0.2) is 26.9 Å². The fourth-order valence-electron chi connectivity index (χ4n) is 2.47. The fraction of sp³-hybridized carbons (Fsp3) is 0.294. The molecule has 0 N–H and O–H groups in total. The van der Waals surface area contributed by atoms with Gasteiger partial charge in [-0.3, -0.25) is 0 Å². The molecule has 0 saturated carbocycles. The molecule has 0 radical (unpaired) electrons. The number of aryl methyl sites for hydroxylation is 1. The molecule has 0 aliphatic heterocycles. The van der Waals surface area contributed by atoms with E-state index in [1.54, 1.807) is 13.0 Å². The van der Waals surface area contributed by atoms with Crippen LogP contribution in [0.15, 0.2) is 47.4 Å². The van der Waals surface area contributed by atoms with Gasteiger partial charge < -0.3 is 4.74 Å². The predicted octanol–water partition coefficient (Wildman–Crippen LogP) is 3.84. The van der Waals surface area contributed by atoms with E-state index in [4.69, 9.17) is 4.74 Å². The van der Waals surface area contributed by atoms with Gasteiger partial charge in [-0.25, -0.2) is 8.42 Å². The highest BCUT2D eigenvalue weighted by molar-refractivity contribution is 7.89. The van der Waals surface area contributed by atoms with Gasteiger partial charge in [0, 0.05) is 13.6 Å². The normalized spacial score (nSPS) is 12.4. The summed E-state index contributed by atoms with van der Waals surface area (Å²) < 4.78 is 70.6. The Morgan fingerprint density at radius 2 is 1.76 bits per heavy atom. The lowest BCUT2D eigenvalue weighted by molar-refractivity contribution is -0.138. The number of ether oxygens (including phenoxy) is 1. The second-order valence-electron chi connectivity index (χ2n) is 5.55. The number of benzene rings is 2. The SMILES string of the molecule is COc1ccc(S(=O)(=O)N(C)Cc2ccccc2C(F)(F)F)c(C)c1. The van der Waals surface area contributed by atoms with E-state index in [0.29, 0.717) is 11.3 Å². The van der Waals surface area contributed by atoms with Crippen molar-refractivity contribution < 1.29 is 26.3 Å². The Morgan fingerprint density at radius 1 is 1.12 bits per heavy atom. The highest BCUT2D eigenvalue weighted by Crippen LogP contribution is 2.33. The van der Waals surface area contributed by atoms with Crippen LogP contribution in [0.1, 0.15) is 16.7 Å². The largest absolute Gasteiger partial charge is 0.497 e. The van der Waals surface area contributed by atoms with Crippen molar-refractivity contribution in [1.29, 1.82) is 0 Å². The Bertz CT molecular complexity index is 864. The van der Waals surface area contributed by atoms with Crippen LogP contribution in [0.5, 0.6) is 5.75 Å². The number of nitrogens with zero attached hydrogens (tertiary/aromatic N) is 1. The molecule has 2 aromatic rings. The molecule has 0 atom stereocenters. The van der Waals surface area contributed by atoms with Crippen molar-refractivity contribution in [2.24, 2.45) is 0 Å². The summed E-state index contributed by atoms with van der Waals surface area (Å²) in [6, 6.07) is 9.37. The molecule has 0 aromatic heterocycles. The average Bonchev–Trinajstić information content (AvgIpc) is 2.53. The van der Waals surface area contributed by atoms with Crippen LogP contribution in [0.4, 0.5) is 13.2 Å². The molecule has 2 rings (SSSR count). The zero-order valence-corrected chi connectivity index (χ0v) is 14.8. The van der Waals surface area contributed by atoms with Gasteiger partial charge in [-0.05, 0) is 42.3 Å². The first kappa shape index (κ1) is 19.3. The zero-order valence-electron chi connectivity index (χ0n) is 14.0. The molecule has 0 bridgehead atoms. The van der Waals surface area contributed by atoms with Gasteiger partial charge >= 0.3 is 6.18 Å². The molecule has 0 fully saturated rings. The van der Waals surface area contributed by atoms with Gasteiger partial charge in [-0.1, -0.05) is 18.2 Å². The number of rotatable bonds is 5. The minimum absolute atomic E-state index is 0.0280. The van der Waals surface area contributed by atoms with E-state index in [1.165, 1.54) is 44.5 Å². The summed E-state index contributed by atoms with van der Waals surface area (Å²) in [7, 11) is -1.23. The number of sulfonamides is 1. The van der Waals surface area contributed by atoms with E-state index >= 15 is 0 Å². The molecule has 136 valence electrons. The summed E-state index contributed by atoms with van der Waals surface area (Å²) >= 11 is 0. The van der Waals surface area contributed by atoms with Gasteiger partial charge in [0.15, 0.2) is 0 Å². The van der Waals surface area contributed by atoms with Gasteiger partial charge in [-0.15, -0.1) is 0 Å². The highest BCUT2D eigenvalue weighted by Gasteiger charge is 2.34. The molecule has 8 heteroatoms. The van der Waals surface area contributed by atoms with Crippen LogP contribution < -0.4 is 4.74 Å². The van der Waals surface area contributed by atoms with E-state index in [0.717, 1.165) is 10.4 Å². The number of hydrogen-bond donors (Lipinski definition) is 0. The summed E-state index contributed by atoms with van der Waals surface area (Å²) in [4.78, 5) is 0.0280. The lowest BCUT2D eigenvalue weighted by Gasteiger charge is -2.21. The minimum Gasteiger partial charge on any atom is -0.497 e. The third-order valence-electron chi connectivity index (χ3n) is 3.79. The fourth-order valence-corrected chi connectivity index (χ4v) is 3.82. The van der Waals surface area contributed by atoms with Crippen LogP contribution in [0.25, 0.3) is 0 Å². The first-order chi connectivity index (χ1) is 11.6. The Labute approximate surface area is 144 Å². The molecular formula is C17H18F3NO3S. The quantitative estimate of drug-likeness (QED) is 0.800. The third kappa shape index (κ3) is 4.13. The van der Waals surface area contributed by atoms with Crippen LogP contribution in [0.2, 0.25) is 0 Å². The van der Waals surface area contributed by atoms with E-state index in [-0.39, 0.29) is 17.0 Å². The maximum absolute atomic E-state index is 13.1. The Hall–Kier alpha value is -2.06. The first-order valence-electron chi connectivity index (χ1n) is 7.33. The molecule has 0 amide bonds. The molecular weight excluding hydrogens is 355 g/mol. The molecule has 0 heterocycles. The van der Waals surface area contributed by atoms with Gasteiger partial charge in [-0.2, -0.15) is 17.5 Å². The van der Waals surface area contributed by atoms with Crippen molar-refractivity contribution in [3.05, 3.63) is 59.2 Å². The number of methoxy groups -OCH3 is 1. The van der Waals surface area contributed by atoms with Crippen molar-refractivity contribution in [2.45, 2.75) is 24.5 Å². The van der Waals surface area contributed by atoms with E-state index in [1.807, 2.05) is 0 Å². The summed E-state index contributed by atoms with van der Waals surface area (Å²) in [5.74, 6) is 0.501. The molecule has 4 nitrogen and oxygen atoms in total. The number of halogens is 3. The van der Waals surface area contributed by atoms with Crippen LogP contribution in [0.3, 0.4) is 0 Å². The Balaban J connectivity index is 2.37. The zero-order chi connectivity index (χ0) is 18.8. The van der Waals surface area contributed by atoms with E-state index in [2.05, 4.69) is 0 Å². The maximum Gasteiger partial charge on any atom is 0.416 e. The minimum atomic E-state index is -4.54. The van der Waals surface area contributed by atoms with Crippen LogP contribution in [-0.2, 0) is 22.7 Å². The number of hydrogen-bond acceptors (Lipinski definition) is 3. The first-order valence-corrected chi connectivity index (χ1v) is 8.77. The van der Waals surface area contributed by atoms with Crippen molar-refractivity contribution in [3.8, 4) is 5.75 Å². The van der Waals surface area contributed by atoms with Gasteiger partial charge in [0.25, 0.3) is 0 Å². The molecule has 0 unspecified atom stereocenters. The average molecular weight is 373 g/mol. The lowest BCUT2D eigenvalue weighted by Crippen LogP contribution is -2.28. The molecule has 0 spiro atoms. The standard InChI is InChI=1S/C17H18F3NO3S/c1-12-10-14(24-3)8-9-16(12)25(22,23)21(2)11-13-6-4-5-7-15(13)17(18,19)20/h4-10H,11H2,1-3H3. The van der Waals surface area contributed by atoms with Crippen molar-refractivity contribution in [1.82, 2.24) is 4.31 Å². The van der Waals surface area contributed by atoms with Crippen LogP contribution in [0, 0.1) is 6.92 Å². The monoisotopic (exact) mass is 373 g/mol. The second kappa shape index (κ2) is 7.05. The molecule has 0 aliphatic carbocycles. The third-order valence-corrected chi connectivity index (χ3v) is 5.75. The van der Waals surface area contributed by atoms with E-state index < -0.39 is 21.8 Å². The highest BCUT2D eigenvalue weighted by atomic mass is 32.2. The summed E-state index contributed by atoms with van der Waals surface area (Å²) in [5.41, 5.74) is -0.494. The summed E-state index contributed by atoms with van der Waals surface area (Å²) in [6.07, 6.45) is -4.54. The molecule has 0 aliphatic rings. The summed E-state index contributed by atoms with van der Waals surface area (Å²) in [5, 5.41) is 0. The molecule has 0 saturated heterocycles. The Morgan fingerprint density at radius 3 is 2.32 bits per heavy atom. The van der Waals surface area contributed by atoms with Crippen LogP contribution >= 0.6 is 0 Å².